The molecule has 3 heterocycles. The van der Waals surface area contributed by atoms with E-state index >= 15 is 0 Å². The number of carbonyl (C=O) groups excluding carboxylic acids is 2. The second-order valence-corrected chi connectivity index (χ2v) is 11.9. The summed E-state index contributed by atoms with van der Waals surface area (Å²) in [4.78, 5) is 31.9. The highest BCUT2D eigenvalue weighted by Gasteiger charge is 2.30. The minimum absolute atomic E-state index is 0.155. The van der Waals surface area contributed by atoms with E-state index in [-0.39, 0.29) is 16.7 Å². The number of benzene rings is 1. The van der Waals surface area contributed by atoms with Gasteiger partial charge in [-0.15, -0.1) is 0 Å². The summed E-state index contributed by atoms with van der Waals surface area (Å²) in [6.07, 6.45) is 2.92. The summed E-state index contributed by atoms with van der Waals surface area (Å²) in [5.74, 6) is 1.10. The van der Waals surface area contributed by atoms with E-state index in [0.717, 1.165) is 25.9 Å². The summed E-state index contributed by atoms with van der Waals surface area (Å²) in [6, 6.07) is 6.40. The van der Waals surface area contributed by atoms with Crippen molar-refractivity contribution < 1.29 is 18.0 Å². The molecule has 1 aromatic rings. The third kappa shape index (κ3) is 5.58. The number of piperazine rings is 1. The number of nitrogens with zero attached hydrogens (tertiary/aromatic N) is 4. The molecule has 33 heavy (non-hydrogen) atoms. The van der Waals surface area contributed by atoms with Gasteiger partial charge in [-0.3, -0.25) is 14.5 Å². The Morgan fingerprint density at radius 3 is 2.18 bits per heavy atom. The Morgan fingerprint density at radius 1 is 0.909 bits per heavy atom. The van der Waals surface area contributed by atoms with Crippen molar-refractivity contribution in [3.05, 3.63) is 29.8 Å². The molecule has 4 rings (SSSR count). The molecule has 0 spiro atoms. The van der Waals surface area contributed by atoms with Gasteiger partial charge < -0.3 is 9.80 Å². The molecule has 2 amide bonds. The molecule has 182 valence electrons. The maximum absolute atomic E-state index is 13.1. The largest absolute Gasteiger partial charge is 0.341 e. The van der Waals surface area contributed by atoms with E-state index in [4.69, 9.17) is 0 Å². The Kier molecular flexibility index (Phi) is 7.40. The van der Waals surface area contributed by atoms with Crippen molar-refractivity contribution in [2.75, 3.05) is 58.9 Å². The molecule has 0 unspecified atom stereocenters. The number of likely N-dealkylation sites (tertiary alicyclic amines) is 1. The predicted octanol–water partition coefficient (Wildman–Crippen LogP) is 1.73. The molecule has 9 heteroatoms. The molecule has 8 nitrogen and oxygen atoms in total. The van der Waals surface area contributed by atoms with Crippen LogP contribution in [-0.4, -0.2) is 98.1 Å². The van der Waals surface area contributed by atoms with Crippen LogP contribution in [0.3, 0.4) is 0 Å². The predicted molar refractivity (Wildman–Crippen MR) is 126 cm³/mol. The first-order valence-electron chi connectivity index (χ1n) is 12.1. The maximum atomic E-state index is 13.1. The monoisotopic (exact) mass is 476 g/mol. The van der Waals surface area contributed by atoms with Crippen molar-refractivity contribution >= 4 is 21.8 Å². The Morgan fingerprint density at radius 2 is 1.55 bits per heavy atom. The molecule has 0 bridgehead atoms. The second-order valence-electron chi connectivity index (χ2n) is 9.95. The third-order valence-electron chi connectivity index (χ3n) is 7.02. The average molecular weight is 477 g/mol. The van der Waals surface area contributed by atoms with Gasteiger partial charge in [-0.2, -0.15) is 4.31 Å². The van der Waals surface area contributed by atoms with Crippen LogP contribution in [0.1, 0.15) is 43.5 Å². The van der Waals surface area contributed by atoms with Crippen LogP contribution in [0.4, 0.5) is 0 Å². The SMILES string of the molecule is C[C@H]1C[C@H](C)CN(C(=O)CN2CCN(C(=O)c3cccc(S(=O)(=O)N4CCCC4)c3)CC2)C1. The fourth-order valence-electron chi connectivity index (χ4n) is 5.32. The summed E-state index contributed by atoms with van der Waals surface area (Å²) in [5, 5.41) is 0. The molecule has 3 saturated heterocycles. The normalized spacial score (nSPS) is 25.4. The molecule has 0 aliphatic carbocycles. The zero-order valence-corrected chi connectivity index (χ0v) is 20.6. The zero-order chi connectivity index (χ0) is 23.6. The quantitative estimate of drug-likeness (QED) is 0.647. The number of amides is 2. The third-order valence-corrected chi connectivity index (χ3v) is 8.92. The van der Waals surface area contributed by atoms with Gasteiger partial charge in [0.1, 0.15) is 0 Å². The lowest BCUT2D eigenvalue weighted by atomic mass is 9.92. The van der Waals surface area contributed by atoms with Crippen LogP contribution in [0.25, 0.3) is 0 Å². The van der Waals surface area contributed by atoms with Gasteiger partial charge in [0.25, 0.3) is 5.91 Å². The van der Waals surface area contributed by atoms with Gasteiger partial charge in [-0.25, -0.2) is 8.42 Å². The van der Waals surface area contributed by atoms with Crippen LogP contribution < -0.4 is 0 Å². The van der Waals surface area contributed by atoms with Crippen molar-refractivity contribution in [2.24, 2.45) is 11.8 Å². The number of hydrogen-bond donors (Lipinski definition) is 0. The molecular weight excluding hydrogens is 440 g/mol. The topological polar surface area (TPSA) is 81.2 Å². The number of hydrogen-bond acceptors (Lipinski definition) is 5. The first-order chi connectivity index (χ1) is 15.7. The molecule has 3 aliphatic heterocycles. The minimum Gasteiger partial charge on any atom is -0.341 e. The van der Waals surface area contributed by atoms with E-state index in [1.807, 2.05) is 4.90 Å². The van der Waals surface area contributed by atoms with Crippen molar-refractivity contribution in [3.63, 3.8) is 0 Å². The van der Waals surface area contributed by atoms with E-state index in [1.165, 1.54) is 16.8 Å². The smallest absolute Gasteiger partial charge is 0.253 e. The maximum Gasteiger partial charge on any atom is 0.253 e. The van der Waals surface area contributed by atoms with E-state index in [9.17, 15) is 18.0 Å². The first kappa shape index (κ1) is 24.2. The standard InChI is InChI=1S/C24H36N4O4S/c1-19-14-20(2)17-27(16-19)23(29)18-25-10-12-26(13-11-25)24(30)21-6-5-7-22(15-21)33(31,32)28-8-3-4-9-28/h5-7,15,19-20H,3-4,8-14,16-18H2,1-2H3/t19-,20-/m0/s1. The Balaban J connectivity index is 1.33. The molecule has 2 atom stereocenters. The molecule has 3 aliphatic rings. The molecule has 0 saturated carbocycles. The van der Waals surface area contributed by atoms with Crippen LogP contribution in [0.15, 0.2) is 29.2 Å². The van der Waals surface area contributed by atoms with Crippen molar-refractivity contribution in [2.45, 2.75) is 38.0 Å². The van der Waals surface area contributed by atoms with E-state index in [1.54, 1.807) is 23.1 Å². The van der Waals surface area contributed by atoms with E-state index in [2.05, 4.69) is 18.7 Å². The van der Waals surface area contributed by atoms with Crippen LogP contribution in [-0.2, 0) is 14.8 Å². The molecule has 0 aromatic heterocycles. The van der Waals surface area contributed by atoms with Crippen molar-refractivity contribution in [1.29, 1.82) is 0 Å². The average Bonchev–Trinajstić information content (AvgIpc) is 3.34. The Labute approximate surface area is 197 Å². The van der Waals surface area contributed by atoms with Crippen molar-refractivity contribution in [3.8, 4) is 0 Å². The lowest BCUT2D eigenvalue weighted by molar-refractivity contribution is -0.135. The van der Waals surface area contributed by atoms with Gasteiger partial charge in [0, 0.05) is 57.9 Å². The van der Waals surface area contributed by atoms with E-state index in [0.29, 0.717) is 63.2 Å². The summed E-state index contributed by atoms with van der Waals surface area (Å²) in [6.45, 7) is 9.88. The molecule has 3 fully saturated rings. The van der Waals surface area contributed by atoms with Gasteiger partial charge in [0.05, 0.1) is 11.4 Å². The summed E-state index contributed by atoms with van der Waals surface area (Å²) >= 11 is 0. The van der Waals surface area contributed by atoms with E-state index < -0.39 is 10.0 Å². The number of piperidine rings is 1. The van der Waals surface area contributed by atoms with Crippen LogP contribution in [0.5, 0.6) is 0 Å². The number of rotatable bonds is 5. The van der Waals surface area contributed by atoms with Gasteiger partial charge in [0.2, 0.25) is 15.9 Å². The molecule has 0 radical (unpaired) electrons. The van der Waals surface area contributed by atoms with Gasteiger partial charge >= 0.3 is 0 Å². The minimum atomic E-state index is -3.55. The Bertz CT molecular complexity index is 958. The van der Waals surface area contributed by atoms with Gasteiger partial charge in [-0.05, 0) is 49.3 Å². The molecule has 0 N–H and O–H groups in total. The first-order valence-corrected chi connectivity index (χ1v) is 13.6. The van der Waals surface area contributed by atoms with Gasteiger partial charge in [0.15, 0.2) is 0 Å². The van der Waals surface area contributed by atoms with Crippen molar-refractivity contribution in [1.82, 2.24) is 19.0 Å². The summed E-state index contributed by atoms with van der Waals surface area (Å²) < 4.78 is 27.2. The fraction of sp³-hybridized carbons (Fsp3) is 0.667. The zero-order valence-electron chi connectivity index (χ0n) is 19.8. The highest BCUT2D eigenvalue weighted by Crippen LogP contribution is 2.23. The summed E-state index contributed by atoms with van der Waals surface area (Å²) in [5.41, 5.74) is 0.399. The second kappa shape index (κ2) is 10.1. The molecular formula is C24H36N4O4S. The number of sulfonamides is 1. The highest BCUT2D eigenvalue weighted by molar-refractivity contribution is 7.89. The molecule has 1 aromatic carbocycles. The Hall–Kier alpha value is -1.97. The summed E-state index contributed by atoms with van der Waals surface area (Å²) in [7, 11) is -3.55. The van der Waals surface area contributed by atoms with Crippen LogP contribution in [0, 0.1) is 11.8 Å². The lowest BCUT2D eigenvalue weighted by Crippen LogP contribution is -2.53. The van der Waals surface area contributed by atoms with Crippen LogP contribution >= 0.6 is 0 Å². The lowest BCUT2D eigenvalue weighted by Gasteiger charge is -2.38. The fourth-order valence-corrected chi connectivity index (χ4v) is 6.88. The highest BCUT2D eigenvalue weighted by atomic mass is 32.2. The van der Waals surface area contributed by atoms with Gasteiger partial charge in [-0.1, -0.05) is 19.9 Å². The number of carbonyl (C=O) groups is 2. The van der Waals surface area contributed by atoms with Crippen LogP contribution in [0.2, 0.25) is 0 Å².